The average molecular weight is 213 g/mol. The number of carbonyl (C=O) groups is 2. The van der Waals surface area contributed by atoms with Crippen molar-refractivity contribution in [2.24, 2.45) is 0 Å². The van der Waals surface area contributed by atoms with Gasteiger partial charge in [-0.05, 0) is 19.1 Å². The SMILES string of the molecule is CC(=O)CC(=O)c1cccc2ncccc12. The van der Waals surface area contributed by atoms with E-state index in [2.05, 4.69) is 4.98 Å². The third-order valence-corrected chi connectivity index (χ3v) is 2.36. The fourth-order valence-corrected chi connectivity index (χ4v) is 1.67. The van der Waals surface area contributed by atoms with Crippen molar-refractivity contribution < 1.29 is 9.59 Å². The van der Waals surface area contributed by atoms with Crippen LogP contribution in [0.15, 0.2) is 36.5 Å². The van der Waals surface area contributed by atoms with Crippen LogP contribution in [0.3, 0.4) is 0 Å². The van der Waals surface area contributed by atoms with Gasteiger partial charge in [-0.2, -0.15) is 0 Å². The van der Waals surface area contributed by atoms with E-state index in [0.29, 0.717) is 5.56 Å². The van der Waals surface area contributed by atoms with E-state index in [1.807, 2.05) is 12.1 Å². The molecule has 0 spiro atoms. The molecule has 80 valence electrons. The molecule has 0 saturated carbocycles. The van der Waals surface area contributed by atoms with Crippen LogP contribution in [0.4, 0.5) is 0 Å². The normalized spacial score (nSPS) is 10.3. The van der Waals surface area contributed by atoms with Crippen molar-refractivity contribution in [3.63, 3.8) is 0 Å². The molecule has 0 radical (unpaired) electrons. The van der Waals surface area contributed by atoms with Crippen LogP contribution in [0.5, 0.6) is 0 Å². The number of hydrogen-bond acceptors (Lipinski definition) is 3. The van der Waals surface area contributed by atoms with Gasteiger partial charge in [-0.15, -0.1) is 0 Å². The van der Waals surface area contributed by atoms with Gasteiger partial charge in [0.05, 0.1) is 11.9 Å². The summed E-state index contributed by atoms with van der Waals surface area (Å²) in [5.74, 6) is -0.267. The number of Topliss-reactive ketones (excluding diaryl/α,β-unsaturated/α-hetero) is 2. The molecule has 0 N–H and O–H groups in total. The second-order valence-corrected chi connectivity index (χ2v) is 3.68. The summed E-state index contributed by atoms with van der Waals surface area (Å²) in [7, 11) is 0. The lowest BCUT2D eigenvalue weighted by atomic mass is 10.0. The third kappa shape index (κ3) is 1.98. The maximum atomic E-state index is 11.8. The summed E-state index contributed by atoms with van der Waals surface area (Å²) in [5, 5.41) is 0.802. The van der Waals surface area contributed by atoms with Gasteiger partial charge in [0.15, 0.2) is 5.78 Å². The van der Waals surface area contributed by atoms with Gasteiger partial charge in [-0.25, -0.2) is 0 Å². The molecular formula is C13H11NO2. The van der Waals surface area contributed by atoms with E-state index in [9.17, 15) is 9.59 Å². The standard InChI is InChI=1S/C13H11NO2/c1-9(15)8-13(16)11-4-2-6-12-10(11)5-3-7-14-12/h2-7H,8H2,1H3. The molecule has 0 aliphatic heterocycles. The number of fused-ring (bicyclic) bond motifs is 1. The van der Waals surface area contributed by atoms with Crippen LogP contribution in [0.25, 0.3) is 10.9 Å². The molecular weight excluding hydrogens is 202 g/mol. The van der Waals surface area contributed by atoms with Crippen molar-refractivity contribution in [3.05, 3.63) is 42.1 Å². The largest absolute Gasteiger partial charge is 0.300 e. The number of benzene rings is 1. The van der Waals surface area contributed by atoms with Gasteiger partial charge in [-0.1, -0.05) is 18.2 Å². The van der Waals surface area contributed by atoms with E-state index in [1.54, 1.807) is 24.4 Å². The summed E-state index contributed by atoms with van der Waals surface area (Å²) in [6, 6.07) is 8.99. The van der Waals surface area contributed by atoms with E-state index >= 15 is 0 Å². The molecule has 0 saturated heterocycles. The fraction of sp³-hybridized carbons (Fsp3) is 0.154. The van der Waals surface area contributed by atoms with Crippen LogP contribution in [0.2, 0.25) is 0 Å². The quantitative estimate of drug-likeness (QED) is 0.581. The molecule has 1 heterocycles. The number of rotatable bonds is 3. The zero-order valence-corrected chi connectivity index (χ0v) is 8.93. The Morgan fingerprint density at radius 3 is 2.75 bits per heavy atom. The van der Waals surface area contributed by atoms with Crippen LogP contribution >= 0.6 is 0 Å². The van der Waals surface area contributed by atoms with Crippen molar-refractivity contribution in [2.75, 3.05) is 0 Å². The van der Waals surface area contributed by atoms with Gasteiger partial charge < -0.3 is 0 Å². The number of ketones is 2. The monoisotopic (exact) mass is 213 g/mol. The van der Waals surface area contributed by atoms with Gasteiger partial charge in [0.1, 0.15) is 5.78 Å². The first kappa shape index (κ1) is 10.5. The molecule has 3 nitrogen and oxygen atoms in total. The second kappa shape index (κ2) is 4.23. The van der Waals surface area contributed by atoms with Crippen molar-refractivity contribution in [1.82, 2.24) is 4.98 Å². The molecule has 16 heavy (non-hydrogen) atoms. The van der Waals surface area contributed by atoms with Crippen molar-refractivity contribution in [3.8, 4) is 0 Å². The lowest BCUT2D eigenvalue weighted by molar-refractivity contribution is -0.116. The smallest absolute Gasteiger partial charge is 0.170 e. The van der Waals surface area contributed by atoms with Gasteiger partial charge >= 0.3 is 0 Å². The predicted octanol–water partition coefficient (Wildman–Crippen LogP) is 2.40. The molecule has 0 amide bonds. The Hall–Kier alpha value is -2.03. The van der Waals surface area contributed by atoms with Gasteiger partial charge in [0, 0.05) is 17.1 Å². The van der Waals surface area contributed by atoms with E-state index in [1.165, 1.54) is 6.92 Å². The van der Waals surface area contributed by atoms with Gasteiger partial charge in [-0.3, -0.25) is 14.6 Å². The van der Waals surface area contributed by atoms with Crippen LogP contribution in [-0.4, -0.2) is 16.6 Å². The van der Waals surface area contributed by atoms with Crippen LogP contribution < -0.4 is 0 Å². The summed E-state index contributed by atoms with van der Waals surface area (Å²) >= 11 is 0. The Balaban J connectivity index is 2.52. The fourth-order valence-electron chi connectivity index (χ4n) is 1.67. The highest BCUT2D eigenvalue weighted by molar-refractivity contribution is 6.13. The summed E-state index contributed by atoms with van der Waals surface area (Å²) in [4.78, 5) is 26.9. The minimum atomic E-state index is -0.147. The number of aromatic nitrogens is 1. The Morgan fingerprint density at radius 2 is 2.00 bits per heavy atom. The lowest BCUT2D eigenvalue weighted by Gasteiger charge is -2.03. The first-order valence-corrected chi connectivity index (χ1v) is 5.05. The summed E-state index contributed by atoms with van der Waals surface area (Å²) in [5.41, 5.74) is 1.35. The third-order valence-electron chi connectivity index (χ3n) is 2.36. The molecule has 2 rings (SSSR count). The first-order valence-electron chi connectivity index (χ1n) is 5.05. The highest BCUT2D eigenvalue weighted by Crippen LogP contribution is 2.17. The number of nitrogens with zero attached hydrogens (tertiary/aromatic N) is 1. The zero-order valence-electron chi connectivity index (χ0n) is 8.93. The molecule has 0 bridgehead atoms. The van der Waals surface area contributed by atoms with Crippen molar-refractivity contribution in [2.45, 2.75) is 13.3 Å². The highest BCUT2D eigenvalue weighted by atomic mass is 16.1. The van der Waals surface area contributed by atoms with Crippen molar-refractivity contribution in [1.29, 1.82) is 0 Å². The van der Waals surface area contributed by atoms with Gasteiger partial charge in [0.2, 0.25) is 0 Å². The lowest BCUT2D eigenvalue weighted by Crippen LogP contribution is -2.05. The van der Waals surface area contributed by atoms with Crippen LogP contribution in [0, 0.1) is 0 Å². The Labute approximate surface area is 93.1 Å². The minimum absolute atomic E-state index is 0.0476. The Bertz CT molecular complexity index is 555. The molecule has 0 unspecified atom stereocenters. The summed E-state index contributed by atoms with van der Waals surface area (Å²) in [6.45, 7) is 1.42. The van der Waals surface area contributed by atoms with E-state index in [0.717, 1.165) is 10.9 Å². The van der Waals surface area contributed by atoms with Crippen LogP contribution in [0.1, 0.15) is 23.7 Å². The number of hydrogen-bond donors (Lipinski definition) is 0. The molecule has 0 aliphatic rings. The molecule has 0 fully saturated rings. The van der Waals surface area contributed by atoms with Crippen LogP contribution in [-0.2, 0) is 4.79 Å². The maximum Gasteiger partial charge on any atom is 0.170 e. The molecule has 0 aliphatic carbocycles. The zero-order chi connectivity index (χ0) is 11.5. The van der Waals surface area contributed by atoms with E-state index < -0.39 is 0 Å². The van der Waals surface area contributed by atoms with Gasteiger partial charge in [0.25, 0.3) is 0 Å². The molecule has 0 atom stereocenters. The Kier molecular flexibility index (Phi) is 2.77. The molecule has 2 aromatic rings. The number of pyridine rings is 1. The molecule has 3 heteroatoms. The molecule has 1 aromatic carbocycles. The van der Waals surface area contributed by atoms with Crippen molar-refractivity contribution >= 4 is 22.5 Å². The minimum Gasteiger partial charge on any atom is -0.300 e. The molecule has 1 aromatic heterocycles. The number of carbonyl (C=O) groups excluding carboxylic acids is 2. The maximum absolute atomic E-state index is 11.8. The van der Waals surface area contributed by atoms with E-state index in [-0.39, 0.29) is 18.0 Å². The second-order valence-electron chi connectivity index (χ2n) is 3.68. The average Bonchev–Trinajstić information content (AvgIpc) is 2.27. The Morgan fingerprint density at radius 1 is 1.19 bits per heavy atom. The predicted molar refractivity (Wildman–Crippen MR) is 61.4 cm³/mol. The highest BCUT2D eigenvalue weighted by Gasteiger charge is 2.11. The summed E-state index contributed by atoms with van der Waals surface area (Å²) < 4.78 is 0. The van der Waals surface area contributed by atoms with E-state index in [4.69, 9.17) is 0 Å². The first-order chi connectivity index (χ1) is 7.68. The topological polar surface area (TPSA) is 47.0 Å². The summed E-state index contributed by atoms with van der Waals surface area (Å²) in [6.07, 6.45) is 1.63.